The van der Waals surface area contributed by atoms with E-state index >= 15 is 0 Å². The Morgan fingerprint density at radius 3 is 2.60 bits per heavy atom. The van der Waals surface area contributed by atoms with Crippen molar-refractivity contribution in [2.45, 2.75) is 32.9 Å². The third kappa shape index (κ3) is 4.20. The summed E-state index contributed by atoms with van der Waals surface area (Å²) in [6.45, 7) is 4.54. The van der Waals surface area contributed by atoms with Gasteiger partial charge in [0, 0.05) is 6.54 Å². The summed E-state index contributed by atoms with van der Waals surface area (Å²) < 4.78 is 23.5. The van der Waals surface area contributed by atoms with Gasteiger partial charge in [-0.1, -0.05) is 13.0 Å². The topological polar surface area (TPSA) is 38.8 Å². The molecule has 0 aliphatic heterocycles. The van der Waals surface area contributed by atoms with Gasteiger partial charge in [0.25, 0.3) is 0 Å². The largest absolute Gasteiger partial charge is 0.494 e. The van der Waals surface area contributed by atoms with Gasteiger partial charge in [0.1, 0.15) is 6.04 Å². The number of benzene rings is 1. The molecule has 0 saturated heterocycles. The van der Waals surface area contributed by atoms with E-state index in [0.717, 1.165) is 5.56 Å². The molecular formula is C15H22FNO3. The smallest absolute Gasteiger partial charge is 0.323 e. The predicted octanol–water partition coefficient (Wildman–Crippen LogP) is 2.61. The quantitative estimate of drug-likeness (QED) is 0.721. The normalized spacial score (nSPS) is 12.3. The third-order valence-corrected chi connectivity index (χ3v) is 3.13. The van der Waals surface area contributed by atoms with Gasteiger partial charge in [-0.3, -0.25) is 9.69 Å². The van der Waals surface area contributed by atoms with Gasteiger partial charge in [-0.05, 0) is 38.1 Å². The van der Waals surface area contributed by atoms with Crippen LogP contribution in [0.3, 0.4) is 0 Å². The molecule has 0 aromatic heterocycles. The van der Waals surface area contributed by atoms with Crippen LogP contribution < -0.4 is 4.74 Å². The van der Waals surface area contributed by atoms with Crippen molar-refractivity contribution in [3.8, 4) is 5.75 Å². The molecule has 0 amide bonds. The van der Waals surface area contributed by atoms with Gasteiger partial charge >= 0.3 is 5.97 Å². The number of carbonyl (C=O) groups is 1. The lowest BCUT2D eigenvalue weighted by atomic mass is 10.1. The molecule has 1 atom stereocenters. The van der Waals surface area contributed by atoms with Gasteiger partial charge in [0.2, 0.25) is 0 Å². The third-order valence-electron chi connectivity index (χ3n) is 3.13. The van der Waals surface area contributed by atoms with E-state index in [4.69, 9.17) is 9.47 Å². The number of carbonyl (C=O) groups excluding carboxylic acids is 1. The second-order valence-electron chi connectivity index (χ2n) is 4.56. The first-order chi connectivity index (χ1) is 9.53. The van der Waals surface area contributed by atoms with Crippen molar-refractivity contribution in [2.24, 2.45) is 0 Å². The first-order valence-electron chi connectivity index (χ1n) is 6.72. The molecule has 0 spiro atoms. The fourth-order valence-electron chi connectivity index (χ4n) is 2.10. The second kappa shape index (κ2) is 7.85. The van der Waals surface area contributed by atoms with Crippen molar-refractivity contribution in [3.63, 3.8) is 0 Å². The Morgan fingerprint density at radius 1 is 1.40 bits per heavy atom. The highest BCUT2D eigenvalue weighted by molar-refractivity contribution is 5.75. The van der Waals surface area contributed by atoms with Gasteiger partial charge in [-0.15, -0.1) is 0 Å². The van der Waals surface area contributed by atoms with Gasteiger partial charge in [-0.2, -0.15) is 0 Å². The Morgan fingerprint density at radius 2 is 2.10 bits per heavy atom. The lowest BCUT2D eigenvalue weighted by Gasteiger charge is -2.25. The zero-order chi connectivity index (χ0) is 15.1. The minimum atomic E-state index is -0.400. The molecule has 1 aromatic carbocycles. The van der Waals surface area contributed by atoms with Crippen molar-refractivity contribution in [2.75, 3.05) is 20.8 Å². The molecule has 0 N–H and O–H groups in total. The van der Waals surface area contributed by atoms with Crippen molar-refractivity contribution in [1.29, 1.82) is 0 Å². The molecule has 1 aromatic rings. The van der Waals surface area contributed by atoms with E-state index in [-0.39, 0.29) is 17.8 Å². The molecular weight excluding hydrogens is 261 g/mol. The summed E-state index contributed by atoms with van der Waals surface area (Å²) in [5.74, 6) is -0.428. The highest BCUT2D eigenvalue weighted by atomic mass is 19.1. The monoisotopic (exact) mass is 283 g/mol. The van der Waals surface area contributed by atoms with Crippen LogP contribution in [-0.4, -0.2) is 37.7 Å². The number of hydrogen-bond donors (Lipinski definition) is 0. The Labute approximate surface area is 119 Å². The predicted molar refractivity (Wildman–Crippen MR) is 75.1 cm³/mol. The van der Waals surface area contributed by atoms with Crippen LogP contribution in [0.1, 0.15) is 25.8 Å². The van der Waals surface area contributed by atoms with E-state index in [0.29, 0.717) is 19.6 Å². The average molecular weight is 283 g/mol. The second-order valence-corrected chi connectivity index (χ2v) is 4.56. The fourth-order valence-corrected chi connectivity index (χ4v) is 2.10. The Balaban J connectivity index is 2.75. The first-order valence-corrected chi connectivity index (χ1v) is 6.72. The van der Waals surface area contributed by atoms with E-state index in [1.165, 1.54) is 13.2 Å². The average Bonchev–Trinajstić information content (AvgIpc) is 2.40. The summed E-state index contributed by atoms with van der Waals surface area (Å²) >= 11 is 0. The lowest BCUT2D eigenvalue weighted by Crippen LogP contribution is -2.38. The molecule has 0 saturated carbocycles. The number of halogens is 1. The molecule has 4 nitrogen and oxygen atoms in total. The van der Waals surface area contributed by atoms with Crippen LogP contribution in [0.15, 0.2) is 18.2 Å². The number of ether oxygens (including phenoxy) is 2. The van der Waals surface area contributed by atoms with Crippen LogP contribution in [0.25, 0.3) is 0 Å². The first kappa shape index (κ1) is 16.4. The Hall–Kier alpha value is -1.62. The van der Waals surface area contributed by atoms with Crippen molar-refractivity contribution in [1.82, 2.24) is 4.90 Å². The van der Waals surface area contributed by atoms with E-state index in [1.807, 2.05) is 18.9 Å². The SMILES string of the molecule is CCOC(=O)C(CC)N(C)Cc1ccc(OC)c(F)c1. The maximum atomic E-state index is 13.6. The van der Waals surface area contributed by atoms with E-state index in [9.17, 15) is 9.18 Å². The Bertz CT molecular complexity index is 451. The zero-order valence-electron chi connectivity index (χ0n) is 12.5. The van der Waals surface area contributed by atoms with E-state index < -0.39 is 5.82 Å². The van der Waals surface area contributed by atoms with Crippen molar-refractivity contribution < 1.29 is 18.7 Å². The van der Waals surface area contributed by atoms with Crippen LogP contribution in [0.2, 0.25) is 0 Å². The van der Waals surface area contributed by atoms with Gasteiger partial charge in [-0.25, -0.2) is 4.39 Å². The Kier molecular flexibility index (Phi) is 6.45. The highest BCUT2D eigenvalue weighted by Crippen LogP contribution is 2.19. The van der Waals surface area contributed by atoms with Crippen LogP contribution in [0.4, 0.5) is 4.39 Å². The highest BCUT2D eigenvalue weighted by Gasteiger charge is 2.22. The maximum Gasteiger partial charge on any atom is 0.323 e. The van der Waals surface area contributed by atoms with Crippen molar-refractivity contribution >= 4 is 5.97 Å². The van der Waals surface area contributed by atoms with E-state index in [1.54, 1.807) is 19.1 Å². The number of methoxy groups -OCH3 is 1. The van der Waals surface area contributed by atoms with Crippen LogP contribution in [0.5, 0.6) is 5.75 Å². The summed E-state index contributed by atoms with van der Waals surface area (Å²) in [4.78, 5) is 13.7. The van der Waals surface area contributed by atoms with Gasteiger partial charge in [0.05, 0.1) is 13.7 Å². The minimum Gasteiger partial charge on any atom is -0.494 e. The molecule has 112 valence electrons. The molecule has 0 aliphatic rings. The number of rotatable bonds is 7. The summed E-state index contributed by atoms with van der Waals surface area (Å²) in [6.07, 6.45) is 0.647. The van der Waals surface area contributed by atoms with Crippen LogP contribution >= 0.6 is 0 Å². The molecule has 0 bridgehead atoms. The number of likely N-dealkylation sites (N-methyl/N-ethyl adjacent to an activating group) is 1. The maximum absolute atomic E-state index is 13.6. The standard InChI is InChI=1S/C15H22FNO3/c1-5-13(15(18)20-6-2)17(3)10-11-7-8-14(19-4)12(16)9-11/h7-9,13H,5-6,10H2,1-4H3. The minimum absolute atomic E-state index is 0.217. The summed E-state index contributed by atoms with van der Waals surface area (Å²) in [5, 5.41) is 0. The van der Waals surface area contributed by atoms with Gasteiger partial charge in [0.15, 0.2) is 11.6 Å². The molecule has 1 rings (SSSR count). The molecule has 5 heteroatoms. The number of hydrogen-bond acceptors (Lipinski definition) is 4. The molecule has 20 heavy (non-hydrogen) atoms. The molecule has 0 radical (unpaired) electrons. The van der Waals surface area contributed by atoms with E-state index in [2.05, 4.69) is 0 Å². The van der Waals surface area contributed by atoms with Crippen LogP contribution in [0, 0.1) is 5.82 Å². The summed E-state index contributed by atoms with van der Waals surface area (Å²) in [7, 11) is 3.26. The molecule has 0 fully saturated rings. The summed E-state index contributed by atoms with van der Waals surface area (Å²) in [6, 6.07) is 4.48. The fraction of sp³-hybridized carbons (Fsp3) is 0.533. The lowest BCUT2D eigenvalue weighted by molar-refractivity contribution is -0.149. The van der Waals surface area contributed by atoms with Crippen LogP contribution in [-0.2, 0) is 16.1 Å². The molecule has 1 unspecified atom stereocenters. The van der Waals surface area contributed by atoms with Crippen molar-refractivity contribution in [3.05, 3.63) is 29.6 Å². The summed E-state index contributed by atoms with van der Waals surface area (Å²) in [5.41, 5.74) is 0.786. The number of esters is 1. The zero-order valence-corrected chi connectivity index (χ0v) is 12.5. The number of nitrogens with zero attached hydrogens (tertiary/aromatic N) is 1. The molecule has 0 aliphatic carbocycles. The molecule has 0 heterocycles. The van der Waals surface area contributed by atoms with Gasteiger partial charge < -0.3 is 9.47 Å².